The van der Waals surface area contributed by atoms with E-state index in [4.69, 9.17) is 24.9 Å². The molecule has 0 radical (unpaired) electrons. The van der Waals surface area contributed by atoms with Gasteiger partial charge in [0, 0.05) is 51.3 Å². The lowest BCUT2D eigenvalue weighted by atomic mass is 10.0. The zero-order valence-electron chi connectivity index (χ0n) is 32.2. The van der Waals surface area contributed by atoms with Gasteiger partial charge in [-0.05, 0) is 42.2 Å². The highest BCUT2D eigenvalue weighted by atomic mass is 15.0. The van der Waals surface area contributed by atoms with Crippen LogP contribution in [0.2, 0.25) is 0 Å². The highest BCUT2D eigenvalue weighted by Crippen LogP contribution is 2.36. The maximum Gasteiger partial charge on any atom is 0.164 e. The second kappa shape index (κ2) is 14.9. The summed E-state index contributed by atoms with van der Waals surface area (Å²) in [6.45, 7) is 4.48. The van der Waals surface area contributed by atoms with Gasteiger partial charge in [0.2, 0.25) is 0 Å². The molecule has 5 heterocycles. The van der Waals surface area contributed by atoms with Crippen LogP contribution in [0.1, 0.15) is 19.4 Å². The lowest BCUT2D eigenvalue weighted by molar-refractivity contribution is 0.647. The van der Waals surface area contributed by atoms with Crippen molar-refractivity contribution in [3.05, 3.63) is 188 Å². The average Bonchev–Trinajstić information content (AvgIpc) is 3.87. The summed E-state index contributed by atoms with van der Waals surface area (Å²) in [7, 11) is 0. The molecule has 5 aromatic heterocycles. The number of pyridine rings is 2. The van der Waals surface area contributed by atoms with Crippen LogP contribution in [0, 0.1) is 5.92 Å². The molecule has 0 aliphatic heterocycles. The van der Waals surface area contributed by atoms with Crippen LogP contribution < -0.4 is 0 Å². The molecule has 0 amide bonds. The molecule has 7 heteroatoms. The molecule has 10 rings (SSSR count). The number of fused-ring (bicyclic) bond motifs is 2. The van der Waals surface area contributed by atoms with Gasteiger partial charge in [-0.25, -0.2) is 24.9 Å². The van der Waals surface area contributed by atoms with E-state index in [2.05, 4.69) is 156 Å². The second-order valence-corrected chi connectivity index (χ2v) is 15.0. The van der Waals surface area contributed by atoms with E-state index in [-0.39, 0.29) is 0 Å². The van der Waals surface area contributed by atoms with Gasteiger partial charge in [-0.2, -0.15) is 0 Å². The summed E-state index contributed by atoms with van der Waals surface area (Å²) in [5, 5.41) is 0. The molecule has 0 N–H and O–H groups in total. The SMILES string of the molecule is CC(C)Cc1ccc(-c2nc(-c3ccc(-c4nc5ccccn5c4-c4ccccc4)cc3)nc(-c3ccc(-c4nc5ccccn5c4-c4ccccc4)cc3)n2)cc1. The number of nitrogens with zero attached hydrogens (tertiary/aromatic N) is 7. The first-order valence-electron chi connectivity index (χ1n) is 19.7. The van der Waals surface area contributed by atoms with E-state index >= 15 is 0 Å². The third kappa shape index (κ3) is 6.62. The van der Waals surface area contributed by atoms with Crippen LogP contribution >= 0.6 is 0 Å². The third-order valence-corrected chi connectivity index (χ3v) is 10.5. The van der Waals surface area contributed by atoms with Crippen molar-refractivity contribution in [3.8, 4) is 79.2 Å². The molecule has 0 saturated heterocycles. The van der Waals surface area contributed by atoms with Gasteiger partial charge in [0.15, 0.2) is 17.5 Å². The first-order chi connectivity index (χ1) is 28.6. The van der Waals surface area contributed by atoms with E-state index in [0.717, 1.165) is 79.4 Å². The van der Waals surface area contributed by atoms with Crippen LogP contribution in [0.15, 0.2) is 182 Å². The maximum atomic E-state index is 5.10. The van der Waals surface area contributed by atoms with E-state index in [1.54, 1.807) is 0 Å². The fourth-order valence-corrected chi connectivity index (χ4v) is 7.72. The van der Waals surface area contributed by atoms with E-state index in [9.17, 15) is 0 Å². The largest absolute Gasteiger partial charge is 0.299 e. The minimum atomic E-state index is 0.570. The summed E-state index contributed by atoms with van der Waals surface area (Å²) in [5.74, 6) is 2.40. The van der Waals surface area contributed by atoms with Crippen LogP contribution in [0.25, 0.3) is 90.5 Å². The molecule has 58 heavy (non-hydrogen) atoms. The fourth-order valence-electron chi connectivity index (χ4n) is 7.72. The van der Waals surface area contributed by atoms with Crippen LogP contribution in [-0.2, 0) is 6.42 Å². The molecule has 10 aromatic rings. The molecule has 0 aliphatic rings. The Bertz CT molecular complexity index is 2840. The number of aromatic nitrogens is 7. The molecule has 5 aromatic carbocycles. The minimum Gasteiger partial charge on any atom is -0.299 e. The fraction of sp³-hybridized carbons (Fsp3) is 0.0784. The number of benzene rings is 5. The number of hydrogen-bond donors (Lipinski definition) is 0. The Balaban J connectivity index is 1.05. The normalized spacial score (nSPS) is 11.5. The van der Waals surface area contributed by atoms with Crippen molar-refractivity contribution in [2.75, 3.05) is 0 Å². The molecule has 0 saturated carbocycles. The van der Waals surface area contributed by atoms with Crippen molar-refractivity contribution in [2.45, 2.75) is 20.3 Å². The Morgan fingerprint density at radius 2 is 0.724 bits per heavy atom. The Kier molecular flexibility index (Phi) is 8.95. The maximum absolute atomic E-state index is 5.10. The molecule has 0 bridgehead atoms. The van der Waals surface area contributed by atoms with Gasteiger partial charge >= 0.3 is 0 Å². The third-order valence-electron chi connectivity index (χ3n) is 10.5. The first kappa shape index (κ1) is 34.9. The standard InChI is InChI=1S/C51H39N7/c1-34(2)33-35-19-21-40(22-20-35)49-54-50(41-27-23-36(24-28-41)45-47(38-13-5-3-6-14-38)57-31-11-9-17-43(57)52-45)56-51(55-49)42-29-25-37(26-30-42)46-48(39-15-7-4-8-16-39)58-32-12-10-18-44(58)53-46/h3-32,34H,33H2,1-2H3. The lowest BCUT2D eigenvalue weighted by Gasteiger charge is -2.11. The first-order valence-corrected chi connectivity index (χ1v) is 19.7. The number of hydrogen-bond acceptors (Lipinski definition) is 5. The van der Waals surface area contributed by atoms with Crippen molar-refractivity contribution >= 4 is 11.3 Å². The average molecular weight is 750 g/mol. The van der Waals surface area contributed by atoms with E-state index < -0.39 is 0 Å². The van der Waals surface area contributed by atoms with Crippen LogP contribution in [0.5, 0.6) is 0 Å². The molecule has 0 spiro atoms. The number of rotatable bonds is 9. The Labute approximate surface area is 337 Å². The quantitative estimate of drug-likeness (QED) is 0.147. The van der Waals surface area contributed by atoms with Gasteiger partial charge in [-0.1, -0.05) is 159 Å². The summed E-state index contributed by atoms with van der Waals surface area (Å²) in [4.78, 5) is 25.4. The highest BCUT2D eigenvalue weighted by molar-refractivity contribution is 5.84. The number of imidazole rings is 2. The summed E-state index contributed by atoms with van der Waals surface area (Å²) in [6, 6.07) is 58.4. The predicted octanol–water partition coefficient (Wildman–Crippen LogP) is 12.0. The molecule has 278 valence electrons. The molecule has 0 aliphatic carbocycles. The molecular weight excluding hydrogens is 711 g/mol. The zero-order valence-corrected chi connectivity index (χ0v) is 32.2. The van der Waals surface area contributed by atoms with Crippen LogP contribution in [0.3, 0.4) is 0 Å². The van der Waals surface area contributed by atoms with Gasteiger partial charge in [0.1, 0.15) is 11.3 Å². The van der Waals surface area contributed by atoms with Crippen LogP contribution in [0.4, 0.5) is 0 Å². The van der Waals surface area contributed by atoms with Crippen molar-refractivity contribution in [1.29, 1.82) is 0 Å². The Morgan fingerprint density at radius 1 is 0.362 bits per heavy atom. The van der Waals surface area contributed by atoms with Crippen molar-refractivity contribution < 1.29 is 0 Å². The van der Waals surface area contributed by atoms with Gasteiger partial charge < -0.3 is 0 Å². The lowest BCUT2D eigenvalue weighted by Crippen LogP contribution is -2.01. The minimum absolute atomic E-state index is 0.570. The van der Waals surface area contributed by atoms with E-state index in [1.807, 2.05) is 48.5 Å². The topological polar surface area (TPSA) is 73.3 Å². The summed E-state index contributed by atoms with van der Waals surface area (Å²) < 4.78 is 4.30. The van der Waals surface area contributed by atoms with Crippen molar-refractivity contribution in [3.63, 3.8) is 0 Å². The van der Waals surface area contributed by atoms with Crippen molar-refractivity contribution in [1.82, 2.24) is 33.7 Å². The summed E-state index contributed by atoms with van der Waals surface area (Å²) in [6.07, 6.45) is 5.15. The summed E-state index contributed by atoms with van der Waals surface area (Å²) in [5.41, 5.74) is 14.0. The monoisotopic (exact) mass is 749 g/mol. The predicted molar refractivity (Wildman–Crippen MR) is 234 cm³/mol. The van der Waals surface area contributed by atoms with Crippen molar-refractivity contribution in [2.24, 2.45) is 5.92 Å². The van der Waals surface area contributed by atoms with Gasteiger partial charge in [0.05, 0.1) is 22.8 Å². The van der Waals surface area contributed by atoms with Gasteiger partial charge in [-0.3, -0.25) is 8.80 Å². The van der Waals surface area contributed by atoms with E-state index in [0.29, 0.717) is 23.4 Å². The molecule has 0 atom stereocenters. The molecule has 7 nitrogen and oxygen atoms in total. The molecular formula is C51H39N7. The second-order valence-electron chi connectivity index (χ2n) is 15.0. The summed E-state index contributed by atoms with van der Waals surface area (Å²) >= 11 is 0. The smallest absolute Gasteiger partial charge is 0.164 e. The van der Waals surface area contributed by atoms with Gasteiger partial charge in [0.25, 0.3) is 0 Å². The Morgan fingerprint density at radius 3 is 1.12 bits per heavy atom. The van der Waals surface area contributed by atoms with Gasteiger partial charge in [-0.15, -0.1) is 0 Å². The highest BCUT2D eigenvalue weighted by Gasteiger charge is 2.19. The van der Waals surface area contributed by atoms with E-state index in [1.165, 1.54) is 5.56 Å². The molecule has 0 unspecified atom stereocenters. The molecule has 0 fully saturated rings. The Hall–Kier alpha value is -7.51. The van der Waals surface area contributed by atoms with Crippen LogP contribution in [-0.4, -0.2) is 33.7 Å². The zero-order chi connectivity index (χ0) is 39.0.